The van der Waals surface area contributed by atoms with E-state index in [0.717, 1.165) is 0 Å². The predicted octanol–water partition coefficient (Wildman–Crippen LogP) is 5.02. The number of nitrogens with zero attached hydrogens (tertiary/aromatic N) is 2. The van der Waals surface area contributed by atoms with Crippen molar-refractivity contribution in [3.8, 4) is 17.6 Å². The molecule has 0 saturated heterocycles. The third-order valence-electron chi connectivity index (χ3n) is 5.72. The number of aromatic nitrogens is 2. The molecule has 210 valence electrons. The molecule has 40 heavy (non-hydrogen) atoms. The van der Waals surface area contributed by atoms with Crippen molar-refractivity contribution in [3.05, 3.63) is 83.8 Å². The van der Waals surface area contributed by atoms with Crippen LogP contribution in [-0.2, 0) is 22.0 Å². The van der Waals surface area contributed by atoms with Crippen LogP contribution in [0.25, 0.3) is 0 Å². The molecule has 0 saturated carbocycles. The first kappa shape index (κ1) is 28.4. The van der Waals surface area contributed by atoms with Gasteiger partial charge in [-0.3, -0.25) is 9.52 Å². The Balaban J connectivity index is 1.35. The van der Waals surface area contributed by atoms with Crippen molar-refractivity contribution in [1.82, 2.24) is 9.97 Å². The van der Waals surface area contributed by atoms with E-state index in [0.29, 0.717) is 17.2 Å². The van der Waals surface area contributed by atoms with E-state index in [-0.39, 0.29) is 40.4 Å². The highest BCUT2D eigenvalue weighted by atomic mass is 32.2. The van der Waals surface area contributed by atoms with E-state index in [4.69, 9.17) is 18.6 Å². The van der Waals surface area contributed by atoms with Crippen LogP contribution < -0.4 is 24.2 Å². The summed E-state index contributed by atoms with van der Waals surface area (Å²) in [5.74, 6) is 0.875. The fourth-order valence-corrected chi connectivity index (χ4v) is 4.53. The molecule has 2 aromatic carbocycles. The lowest BCUT2D eigenvalue weighted by atomic mass is 9.87. The maximum absolute atomic E-state index is 12.8. The smallest absolute Gasteiger partial charge is 0.321 e. The number of hydrogen-bond donors (Lipinski definition) is 2. The van der Waals surface area contributed by atoms with Crippen molar-refractivity contribution in [2.24, 2.45) is 0 Å². The fourth-order valence-electron chi connectivity index (χ4n) is 3.54. The third kappa shape index (κ3) is 7.08. The number of carbonyl (C=O) groups excluding carboxylic acids is 1. The highest BCUT2D eigenvalue weighted by molar-refractivity contribution is 7.92. The molecule has 12 heteroatoms. The normalized spacial score (nSPS) is 11.5. The van der Waals surface area contributed by atoms with Gasteiger partial charge in [-0.25, -0.2) is 8.42 Å². The number of amides is 1. The molecule has 0 spiro atoms. The summed E-state index contributed by atoms with van der Waals surface area (Å²) in [6.45, 7) is 6.58. The van der Waals surface area contributed by atoms with Gasteiger partial charge in [0, 0.05) is 11.8 Å². The molecule has 0 aliphatic rings. The maximum Gasteiger partial charge on any atom is 0.321 e. The number of ether oxygens (including phenoxy) is 3. The van der Waals surface area contributed by atoms with Crippen molar-refractivity contribution < 1.29 is 31.8 Å². The molecule has 2 N–H and O–H groups in total. The summed E-state index contributed by atoms with van der Waals surface area (Å²) in [5, 5.41) is 2.68. The van der Waals surface area contributed by atoms with Crippen LogP contribution in [0.1, 0.15) is 42.6 Å². The quantitative estimate of drug-likeness (QED) is 0.271. The Morgan fingerprint density at radius 3 is 2.25 bits per heavy atom. The average Bonchev–Trinajstić information content (AvgIpc) is 3.41. The van der Waals surface area contributed by atoms with Crippen LogP contribution in [0.15, 0.2) is 76.0 Å². The first-order valence-corrected chi connectivity index (χ1v) is 13.7. The number of anilines is 2. The minimum absolute atomic E-state index is 0.0272. The van der Waals surface area contributed by atoms with E-state index >= 15 is 0 Å². The summed E-state index contributed by atoms with van der Waals surface area (Å²) in [6.07, 6.45) is 0. The molecule has 0 aliphatic carbocycles. The number of hydrogen-bond acceptors (Lipinski definition) is 9. The van der Waals surface area contributed by atoms with Gasteiger partial charge in [-0.1, -0.05) is 32.9 Å². The van der Waals surface area contributed by atoms with Gasteiger partial charge in [0.1, 0.15) is 18.1 Å². The molecule has 2 aromatic heterocycles. The van der Waals surface area contributed by atoms with Crippen LogP contribution in [0.4, 0.5) is 11.5 Å². The second-order valence-electron chi connectivity index (χ2n) is 9.70. The topological polar surface area (TPSA) is 142 Å². The minimum Gasteiger partial charge on any atom is -0.486 e. The van der Waals surface area contributed by atoms with Gasteiger partial charge in [0.25, 0.3) is 15.9 Å². The summed E-state index contributed by atoms with van der Waals surface area (Å²) >= 11 is 0. The lowest BCUT2D eigenvalue weighted by molar-refractivity contribution is 0.0992. The summed E-state index contributed by atoms with van der Waals surface area (Å²) in [6, 6.07) is 17.9. The highest BCUT2D eigenvalue weighted by Gasteiger charge is 2.18. The number of rotatable bonds is 10. The lowest BCUT2D eigenvalue weighted by Crippen LogP contribution is -2.15. The van der Waals surface area contributed by atoms with Crippen LogP contribution in [0.3, 0.4) is 0 Å². The van der Waals surface area contributed by atoms with Crippen molar-refractivity contribution in [3.63, 3.8) is 0 Å². The second kappa shape index (κ2) is 11.7. The molecule has 4 aromatic rings. The van der Waals surface area contributed by atoms with Gasteiger partial charge in [0.2, 0.25) is 5.88 Å². The van der Waals surface area contributed by atoms with Crippen LogP contribution in [0, 0.1) is 0 Å². The molecular weight excluding hydrogens is 536 g/mol. The maximum atomic E-state index is 12.8. The number of sulfonamides is 1. The van der Waals surface area contributed by atoms with Crippen molar-refractivity contribution >= 4 is 27.4 Å². The summed E-state index contributed by atoms with van der Waals surface area (Å²) in [4.78, 5) is 20.5. The predicted molar refractivity (Wildman–Crippen MR) is 149 cm³/mol. The molecule has 0 bridgehead atoms. The summed E-state index contributed by atoms with van der Waals surface area (Å²) < 4.78 is 49.4. The Labute approximate surface area is 232 Å². The summed E-state index contributed by atoms with van der Waals surface area (Å²) in [5.41, 5.74) is 1.63. The molecule has 0 aliphatic heterocycles. The van der Waals surface area contributed by atoms with Crippen molar-refractivity contribution in [2.75, 3.05) is 24.3 Å². The molecule has 1 amide bonds. The Morgan fingerprint density at radius 2 is 1.62 bits per heavy atom. The Bertz CT molecular complexity index is 1550. The second-order valence-corrected chi connectivity index (χ2v) is 11.4. The first-order valence-electron chi connectivity index (χ1n) is 12.2. The molecule has 0 fully saturated rings. The van der Waals surface area contributed by atoms with Gasteiger partial charge < -0.3 is 23.9 Å². The largest absolute Gasteiger partial charge is 0.486 e. The number of carbonyl (C=O) groups is 1. The Morgan fingerprint density at radius 1 is 0.925 bits per heavy atom. The van der Waals surface area contributed by atoms with Gasteiger partial charge in [-0.05, 0) is 59.5 Å². The SMILES string of the molecule is COc1cc(NS(=O)(=O)c2ccc(NC(=O)c3ccc(COc4ccc(C(C)(C)C)cc4)o3)cc2)nc(OC)n1. The standard InChI is InChI=1S/C28H30N4O7S/c1-28(2,3)18-6-10-20(11-7-18)38-17-21-12-15-23(39-21)26(33)29-19-8-13-22(14-9-19)40(34,35)32-24-16-25(36-4)31-27(30-24)37-5/h6-16H,17H2,1-5H3,(H,29,33)(H,30,31,32). The molecule has 11 nitrogen and oxygen atoms in total. The van der Waals surface area contributed by atoms with Gasteiger partial charge in [-0.2, -0.15) is 9.97 Å². The van der Waals surface area contributed by atoms with E-state index in [1.165, 1.54) is 50.1 Å². The van der Waals surface area contributed by atoms with E-state index in [1.807, 2.05) is 24.3 Å². The van der Waals surface area contributed by atoms with Crippen LogP contribution in [-0.4, -0.2) is 38.5 Å². The number of methoxy groups -OCH3 is 2. The van der Waals surface area contributed by atoms with Gasteiger partial charge >= 0.3 is 6.01 Å². The molecule has 4 rings (SSSR count). The van der Waals surface area contributed by atoms with Crippen molar-refractivity contribution in [2.45, 2.75) is 37.7 Å². The van der Waals surface area contributed by atoms with Gasteiger partial charge in [-0.15, -0.1) is 0 Å². The molecule has 0 atom stereocenters. The van der Waals surface area contributed by atoms with Crippen LogP contribution in [0.5, 0.6) is 17.6 Å². The first-order chi connectivity index (χ1) is 19.0. The zero-order chi connectivity index (χ0) is 28.9. The third-order valence-corrected chi connectivity index (χ3v) is 7.09. The van der Waals surface area contributed by atoms with Gasteiger partial charge in [0.05, 0.1) is 19.1 Å². The van der Waals surface area contributed by atoms with E-state index in [9.17, 15) is 13.2 Å². The number of furan rings is 1. The Kier molecular flexibility index (Phi) is 8.29. The van der Waals surface area contributed by atoms with Gasteiger partial charge in [0.15, 0.2) is 11.6 Å². The van der Waals surface area contributed by atoms with E-state index in [1.54, 1.807) is 12.1 Å². The van der Waals surface area contributed by atoms with Crippen LogP contribution >= 0.6 is 0 Å². The van der Waals surface area contributed by atoms with Crippen molar-refractivity contribution in [1.29, 1.82) is 0 Å². The summed E-state index contributed by atoms with van der Waals surface area (Å²) in [7, 11) is -1.26. The zero-order valence-electron chi connectivity index (χ0n) is 22.7. The number of nitrogens with one attached hydrogen (secondary N) is 2. The lowest BCUT2D eigenvalue weighted by Gasteiger charge is -2.19. The zero-order valence-corrected chi connectivity index (χ0v) is 23.5. The minimum atomic E-state index is -3.99. The number of benzene rings is 2. The molecule has 0 radical (unpaired) electrons. The molecule has 2 heterocycles. The van der Waals surface area contributed by atoms with E-state index in [2.05, 4.69) is 40.8 Å². The fraction of sp³-hybridized carbons (Fsp3) is 0.250. The highest BCUT2D eigenvalue weighted by Crippen LogP contribution is 2.25. The molecule has 0 unspecified atom stereocenters. The molecular formula is C28H30N4O7S. The van der Waals surface area contributed by atoms with Crippen LogP contribution in [0.2, 0.25) is 0 Å². The monoisotopic (exact) mass is 566 g/mol. The Hall–Kier alpha value is -4.58. The van der Waals surface area contributed by atoms with E-state index < -0.39 is 15.9 Å². The average molecular weight is 567 g/mol.